The van der Waals surface area contributed by atoms with Crippen molar-refractivity contribution in [2.45, 2.75) is 19.8 Å². The predicted molar refractivity (Wildman–Crippen MR) is 63.9 cm³/mol. The van der Waals surface area contributed by atoms with Crippen molar-refractivity contribution >= 4 is 23.8 Å². The molecule has 0 heterocycles. The molecule has 82 valence electrons. The summed E-state index contributed by atoms with van der Waals surface area (Å²) in [5.41, 5.74) is 0.749. The first kappa shape index (κ1) is 11.9. The Bertz CT molecular complexity index is 290. The SMILES string of the molecule is CCCCSOC(=O)Nc1ccccc1. The molecule has 0 fully saturated rings. The van der Waals surface area contributed by atoms with Crippen molar-refractivity contribution in [1.29, 1.82) is 0 Å². The molecule has 0 aliphatic carbocycles. The quantitative estimate of drug-likeness (QED) is 0.613. The number of hydrogen-bond donors (Lipinski definition) is 1. The zero-order valence-electron chi connectivity index (χ0n) is 8.73. The maximum Gasteiger partial charge on any atom is 0.423 e. The van der Waals surface area contributed by atoms with Gasteiger partial charge >= 0.3 is 6.09 Å². The molecule has 0 unspecified atom stereocenters. The highest BCUT2D eigenvalue weighted by atomic mass is 32.2. The van der Waals surface area contributed by atoms with Crippen LogP contribution in [0.3, 0.4) is 0 Å². The van der Waals surface area contributed by atoms with Crippen LogP contribution in [0.2, 0.25) is 0 Å². The molecule has 4 heteroatoms. The minimum atomic E-state index is -0.415. The minimum Gasteiger partial charge on any atom is -0.375 e. The van der Waals surface area contributed by atoms with Crippen LogP contribution in [0.5, 0.6) is 0 Å². The first-order valence-electron chi connectivity index (χ1n) is 4.98. The molecule has 0 spiro atoms. The molecule has 0 atom stereocenters. The van der Waals surface area contributed by atoms with E-state index in [1.165, 1.54) is 12.0 Å². The molecule has 0 saturated heterocycles. The third kappa shape index (κ3) is 5.32. The van der Waals surface area contributed by atoms with Gasteiger partial charge in [-0.05, 0) is 18.6 Å². The number of unbranched alkanes of at least 4 members (excludes halogenated alkanes) is 1. The van der Waals surface area contributed by atoms with Gasteiger partial charge in [-0.3, -0.25) is 5.32 Å². The molecule has 1 aromatic carbocycles. The lowest BCUT2D eigenvalue weighted by atomic mass is 10.3. The van der Waals surface area contributed by atoms with Crippen LogP contribution in [0, 0.1) is 0 Å². The molecular weight excluding hydrogens is 210 g/mol. The first-order valence-corrected chi connectivity index (χ1v) is 5.89. The van der Waals surface area contributed by atoms with Gasteiger partial charge in [-0.15, -0.1) is 0 Å². The summed E-state index contributed by atoms with van der Waals surface area (Å²) < 4.78 is 4.91. The van der Waals surface area contributed by atoms with Crippen molar-refractivity contribution in [3.8, 4) is 0 Å². The number of para-hydroxylation sites is 1. The van der Waals surface area contributed by atoms with Crippen LogP contribution in [-0.2, 0) is 4.18 Å². The van der Waals surface area contributed by atoms with E-state index in [2.05, 4.69) is 12.2 Å². The number of carbonyl (C=O) groups excluding carboxylic acids is 1. The van der Waals surface area contributed by atoms with Crippen LogP contribution >= 0.6 is 12.0 Å². The van der Waals surface area contributed by atoms with Crippen LogP contribution < -0.4 is 5.32 Å². The predicted octanol–water partition coefficient (Wildman–Crippen LogP) is 3.68. The minimum absolute atomic E-state index is 0.415. The third-order valence-electron chi connectivity index (χ3n) is 1.74. The maximum absolute atomic E-state index is 11.2. The Morgan fingerprint density at radius 3 is 2.80 bits per heavy atom. The highest BCUT2D eigenvalue weighted by molar-refractivity contribution is 7.95. The summed E-state index contributed by atoms with van der Waals surface area (Å²) in [5, 5.41) is 2.64. The van der Waals surface area contributed by atoms with E-state index >= 15 is 0 Å². The Morgan fingerprint density at radius 2 is 2.13 bits per heavy atom. The molecule has 0 radical (unpaired) electrons. The lowest BCUT2D eigenvalue weighted by molar-refractivity contribution is 0.222. The topological polar surface area (TPSA) is 38.3 Å². The molecular formula is C11H15NO2S. The molecule has 1 amide bonds. The Hall–Kier alpha value is -1.16. The van der Waals surface area contributed by atoms with E-state index in [1.54, 1.807) is 0 Å². The molecule has 1 N–H and O–H groups in total. The summed E-state index contributed by atoms with van der Waals surface area (Å²) in [5.74, 6) is 0.846. The summed E-state index contributed by atoms with van der Waals surface area (Å²) >= 11 is 1.19. The molecule has 0 aliphatic heterocycles. The fourth-order valence-corrected chi connectivity index (χ4v) is 1.60. The summed E-state index contributed by atoms with van der Waals surface area (Å²) in [6, 6.07) is 9.25. The van der Waals surface area contributed by atoms with Gasteiger partial charge in [-0.1, -0.05) is 31.5 Å². The van der Waals surface area contributed by atoms with Crippen LogP contribution in [0.25, 0.3) is 0 Å². The lowest BCUT2D eigenvalue weighted by Gasteiger charge is -2.04. The second-order valence-electron chi connectivity index (χ2n) is 3.04. The van der Waals surface area contributed by atoms with E-state index < -0.39 is 6.09 Å². The summed E-state index contributed by atoms with van der Waals surface area (Å²) in [6.07, 6.45) is 1.75. The molecule has 1 rings (SSSR count). The van der Waals surface area contributed by atoms with Crippen LogP contribution in [0.1, 0.15) is 19.8 Å². The first-order chi connectivity index (χ1) is 7.33. The van der Waals surface area contributed by atoms with Gasteiger partial charge < -0.3 is 4.18 Å². The van der Waals surface area contributed by atoms with Crippen molar-refractivity contribution in [3.63, 3.8) is 0 Å². The van der Waals surface area contributed by atoms with Crippen molar-refractivity contribution in [3.05, 3.63) is 30.3 Å². The van der Waals surface area contributed by atoms with E-state index in [4.69, 9.17) is 4.18 Å². The van der Waals surface area contributed by atoms with E-state index in [0.29, 0.717) is 0 Å². The second-order valence-corrected chi connectivity index (χ2v) is 3.85. The maximum atomic E-state index is 11.2. The zero-order valence-corrected chi connectivity index (χ0v) is 9.55. The highest BCUT2D eigenvalue weighted by Gasteiger charge is 2.02. The molecule has 0 aromatic heterocycles. The van der Waals surface area contributed by atoms with Crippen LogP contribution in [0.4, 0.5) is 10.5 Å². The van der Waals surface area contributed by atoms with Crippen molar-refractivity contribution < 1.29 is 8.98 Å². The number of rotatable bonds is 5. The van der Waals surface area contributed by atoms with Crippen molar-refractivity contribution in [2.75, 3.05) is 11.1 Å². The zero-order chi connectivity index (χ0) is 10.9. The summed E-state index contributed by atoms with van der Waals surface area (Å²) in [6.45, 7) is 2.10. The van der Waals surface area contributed by atoms with E-state index in [1.807, 2.05) is 30.3 Å². The Balaban J connectivity index is 2.19. The number of nitrogens with one attached hydrogen (secondary N) is 1. The van der Waals surface area contributed by atoms with Gasteiger partial charge in [-0.25, -0.2) is 4.79 Å². The highest BCUT2D eigenvalue weighted by Crippen LogP contribution is 2.10. The number of anilines is 1. The molecule has 15 heavy (non-hydrogen) atoms. The Morgan fingerprint density at radius 1 is 1.40 bits per heavy atom. The Labute approximate surface area is 94.4 Å². The van der Waals surface area contributed by atoms with Gasteiger partial charge in [-0.2, -0.15) is 0 Å². The molecule has 0 saturated carbocycles. The average Bonchev–Trinajstić information content (AvgIpc) is 2.26. The fraction of sp³-hybridized carbons (Fsp3) is 0.364. The largest absolute Gasteiger partial charge is 0.423 e. The van der Waals surface area contributed by atoms with Crippen molar-refractivity contribution in [1.82, 2.24) is 0 Å². The van der Waals surface area contributed by atoms with E-state index in [9.17, 15) is 4.79 Å². The molecule has 1 aromatic rings. The van der Waals surface area contributed by atoms with Gasteiger partial charge in [0.25, 0.3) is 0 Å². The number of hydrogen-bond acceptors (Lipinski definition) is 3. The summed E-state index contributed by atoms with van der Waals surface area (Å²) in [4.78, 5) is 11.2. The van der Waals surface area contributed by atoms with Crippen LogP contribution in [0.15, 0.2) is 30.3 Å². The average molecular weight is 225 g/mol. The van der Waals surface area contributed by atoms with Gasteiger partial charge in [0.05, 0.1) is 12.0 Å². The van der Waals surface area contributed by atoms with E-state index in [0.717, 1.165) is 24.3 Å². The summed E-state index contributed by atoms with van der Waals surface area (Å²) in [7, 11) is 0. The number of carbonyl (C=O) groups is 1. The molecule has 0 aliphatic rings. The van der Waals surface area contributed by atoms with Gasteiger partial charge in [0.15, 0.2) is 0 Å². The van der Waals surface area contributed by atoms with Gasteiger partial charge in [0.2, 0.25) is 0 Å². The number of amides is 1. The van der Waals surface area contributed by atoms with Gasteiger partial charge in [0, 0.05) is 11.4 Å². The monoisotopic (exact) mass is 225 g/mol. The van der Waals surface area contributed by atoms with E-state index in [-0.39, 0.29) is 0 Å². The van der Waals surface area contributed by atoms with Crippen LogP contribution in [-0.4, -0.2) is 11.8 Å². The van der Waals surface area contributed by atoms with Gasteiger partial charge in [0.1, 0.15) is 0 Å². The Kier molecular flexibility index (Phi) is 5.70. The normalized spacial score (nSPS) is 9.67. The molecule has 3 nitrogen and oxygen atoms in total. The van der Waals surface area contributed by atoms with Crippen molar-refractivity contribution in [2.24, 2.45) is 0 Å². The fourth-order valence-electron chi connectivity index (χ4n) is 0.959. The number of benzene rings is 1. The standard InChI is InChI=1S/C11H15NO2S/c1-2-3-9-15-14-11(13)12-10-7-5-4-6-8-10/h4-8H,2-3,9H2,1H3,(H,12,13). The molecule has 0 bridgehead atoms. The third-order valence-corrected chi connectivity index (χ3v) is 2.46. The second kappa shape index (κ2) is 7.17. The smallest absolute Gasteiger partial charge is 0.375 e. The lowest BCUT2D eigenvalue weighted by Crippen LogP contribution is -2.10.